The summed E-state index contributed by atoms with van der Waals surface area (Å²) in [6, 6.07) is 0.409. The molecule has 0 aromatic heterocycles. The van der Waals surface area contributed by atoms with Crippen LogP contribution in [0.25, 0.3) is 0 Å². The van der Waals surface area contributed by atoms with E-state index in [0.717, 1.165) is 25.8 Å². The maximum Gasteiger partial charge on any atom is 0.410 e. The Balaban J connectivity index is 2.45. The molecule has 0 N–H and O–H groups in total. The van der Waals surface area contributed by atoms with E-state index >= 15 is 0 Å². The van der Waals surface area contributed by atoms with Gasteiger partial charge in [-0.2, -0.15) is 0 Å². The highest BCUT2D eigenvalue weighted by molar-refractivity contribution is 5.68. The Morgan fingerprint density at radius 1 is 1.62 bits per heavy atom. The van der Waals surface area contributed by atoms with Gasteiger partial charge in [0.05, 0.1) is 6.10 Å². The highest BCUT2D eigenvalue weighted by Gasteiger charge is 2.28. The zero-order valence-electron chi connectivity index (χ0n) is 8.75. The van der Waals surface area contributed by atoms with Gasteiger partial charge in [0.15, 0.2) is 0 Å². The molecule has 0 aromatic carbocycles. The molecule has 76 valence electrons. The molecule has 0 aliphatic carbocycles. The molecule has 0 aromatic rings. The van der Waals surface area contributed by atoms with Gasteiger partial charge in [-0.05, 0) is 33.1 Å². The quantitative estimate of drug-likeness (QED) is 0.661. The molecule has 0 radical (unpaired) electrons. The third-order valence-electron chi connectivity index (χ3n) is 2.42. The van der Waals surface area contributed by atoms with Crippen molar-refractivity contribution in [3.05, 3.63) is 0 Å². The topological polar surface area (TPSA) is 29.5 Å². The maximum absolute atomic E-state index is 11.5. The fraction of sp³-hybridized carbons (Fsp3) is 0.900. The molecule has 1 heterocycles. The van der Waals surface area contributed by atoms with Crippen LogP contribution in [0, 0.1) is 0 Å². The van der Waals surface area contributed by atoms with E-state index in [0.29, 0.717) is 6.04 Å². The Labute approximate surface area is 80.1 Å². The van der Waals surface area contributed by atoms with E-state index in [-0.39, 0.29) is 12.2 Å². The van der Waals surface area contributed by atoms with Crippen LogP contribution in [0.2, 0.25) is 0 Å². The van der Waals surface area contributed by atoms with Crippen molar-refractivity contribution in [1.82, 2.24) is 4.90 Å². The van der Waals surface area contributed by atoms with Gasteiger partial charge in [-0.15, -0.1) is 0 Å². The van der Waals surface area contributed by atoms with E-state index in [1.807, 2.05) is 18.7 Å². The monoisotopic (exact) mass is 185 g/mol. The Hall–Kier alpha value is -0.730. The lowest BCUT2D eigenvalue weighted by Crippen LogP contribution is -2.36. The van der Waals surface area contributed by atoms with Gasteiger partial charge in [-0.1, -0.05) is 6.92 Å². The average Bonchev–Trinajstić information content (AvgIpc) is 2.49. The van der Waals surface area contributed by atoms with Crippen molar-refractivity contribution < 1.29 is 9.53 Å². The van der Waals surface area contributed by atoms with E-state index in [9.17, 15) is 4.79 Å². The fourth-order valence-corrected chi connectivity index (χ4v) is 1.77. The van der Waals surface area contributed by atoms with Gasteiger partial charge < -0.3 is 9.64 Å². The number of carbonyl (C=O) groups is 1. The Bertz CT molecular complexity index is 180. The first-order valence-corrected chi connectivity index (χ1v) is 5.12. The first-order valence-electron chi connectivity index (χ1n) is 5.12. The number of amides is 1. The molecule has 1 unspecified atom stereocenters. The van der Waals surface area contributed by atoms with Gasteiger partial charge in [0.1, 0.15) is 0 Å². The van der Waals surface area contributed by atoms with Crippen LogP contribution in [0.4, 0.5) is 4.79 Å². The van der Waals surface area contributed by atoms with Crippen LogP contribution >= 0.6 is 0 Å². The molecular weight excluding hydrogens is 166 g/mol. The summed E-state index contributed by atoms with van der Waals surface area (Å²) in [5, 5.41) is 0. The molecule has 13 heavy (non-hydrogen) atoms. The van der Waals surface area contributed by atoms with Crippen molar-refractivity contribution in [3.63, 3.8) is 0 Å². The molecule has 1 saturated heterocycles. The van der Waals surface area contributed by atoms with Crippen LogP contribution in [0.3, 0.4) is 0 Å². The molecule has 3 nitrogen and oxygen atoms in total. The Morgan fingerprint density at radius 3 is 2.85 bits per heavy atom. The molecule has 1 atom stereocenters. The summed E-state index contributed by atoms with van der Waals surface area (Å²) in [5.74, 6) is 0. The summed E-state index contributed by atoms with van der Waals surface area (Å²) in [7, 11) is 0. The first kappa shape index (κ1) is 10.4. The van der Waals surface area contributed by atoms with Crippen molar-refractivity contribution in [2.75, 3.05) is 6.54 Å². The summed E-state index contributed by atoms with van der Waals surface area (Å²) in [5.41, 5.74) is 0. The lowest BCUT2D eigenvalue weighted by atomic mass is 10.2. The highest BCUT2D eigenvalue weighted by Crippen LogP contribution is 2.20. The largest absolute Gasteiger partial charge is 0.447 e. The second-order valence-electron chi connectivity index (χ2n) is 3.83. The minimum Gasteiger partial charge on any atom is -0.447 e. The number of hydrogen-bond donors (Lipinski definition) is 0. The fourth-order valence-electron chi connectivity index (χ4n) is 1.77. The summed E-state index contributed by atoms with van der Waals surface area (Å²) >= 11 is 0. The average molecular weight is 185 g/mol. The molecule has 1 fully saturated rings. The van der Waals surface area contributed by atoms with Crippen LogP contribution in [-0.4, -0.2) is 29.7 Å². The molecular formula is C10H19NO2. The molecule has 3 heteroatoms. The third kappa shape index (κ3) is 2.61. The normalized spacial score (nSPS) is 22.5. The van der Waals surface area contributed by atoms with Crippen molar-refractivity contribution in [3.8, 4) is 0 Å². The first-order chi connectivity index (χ1) is 6.15. The second-order valence-corrected chi connectivity index (χ2v) is 3.83. The summed E-state index contributed by atoms with van der Waals surface area (Å²) in [6.07, 6.45) is 3.13. The Kier molecular flexibility index (Phi) is 3.58. The van der Waals surface area contributed by atoms with E-state index in [1.54, 1.807) is 0 Å². The minimum absolute atomic E-state index is 0.00870. The van der Waals surface area contributed by atoms with E-state index in [1.165, 1.54) is 0 Å². The van der Waals surface area contributed by atoms with Gasteiger partial charge in [-0.25, -0.2) is 4.79 Å². The Morgan fingerprint density at radius 2 is 2.31 bits per heavy atom. The molecule has 0 bridgehead atoms. The van der Waals surface area contributed by atoms with Gasteiger partial charge in [-0.3, -0.25) is 0 Å². The number of rotatable bonds is 2. The maximum atomic E-state index is 11.5. The van der Waals surface area contributed by atoms with E-state index in [2.05, 4.69) is 6.92 Å². The zero-order valence-corrected chi connectivity index (χ0v) is 8.75. The minimum atomic E-state index is -0.139. The molecule has 1 aliphatic heterocycles. The summed E-state index contributed by atoms with van der Waals surface area (Å²) < 4.78 is 5.15. The lowest BCUT2D eigenvalue weighted by molar-refractivity contribution is 0.0728. The smallest absolute Gasteiger partial charge is 0.410 e. The molecule has 1 aliphatic rings. The standard InChI is InChI=1S/C10H19NO2/c1-4-9-6-5-7-11(9)10(12)13-8(2)3/h8-9H,4-7H2,1-3H3. The van der Waals surface area contributed by atoms with Crippen LogP contribution in [0.5, 0.6) is 0 Å². The number of nitrogens with zero attached hydrogens (tertiary/aromatic N) is 1. The van der Waals surface area contributed by atoms with Gasteiger partial charge in [0.25, 0.3) is 0 Å². The number of carbonyl (C=O) groups excluding carboxylic acids is 1. The number of likely N-dealkylation sites (tertiary alicyclic amines) is 1. The van der Waals surface area contributed by atoms with Crippen LogP contribution in [-0.2, 0) is 4.74 Å². The van der Waals surface area contributed by atoms with E-state index in [4.69, 9.17) is 4.74 Å². The van der Waals surface area contributed by atoms with Crippen molar-refractivity contribution in [2.45, 2.75) is 52.2 Å². The van der Waals surface area contributed by atoms with E-state index < -0.39 is 0 Å². The second kappa shape index (κ2) is 4.49. The van der Waals surface area contributed by atoms with Crippen molar-refractivity contribution in [1.29, 1.82) is 0 Å². The van der Waals surface area contributed by atoms with Crippen LogP contribution < -0.4 is 0 Å². The van der Waals surface area contributed by atoms with Crippen LogP contribution in [0.15, 0.2) is 0 Å². The molecule has 1 rings (SSSR count). The third-order valence-corrected chi connectivity index (χ3v) is 2.42. The van der Waals surface area contributed by atoms with Gasteiger partial charge in [0.2, 0.25) is 0 Å². The SMILES string of the molecule is CCC1CCCN1C(=O)OC(C)C. The van der Waals surface area contributed by atoms with Gasteiger partial charge in [0, 0.05) is 12.6 Å². The number of hydrogen-bond acceptors (Lipinski definition) is 2. The highest BCUT2D eigenvalue weighted by atomic mass is 16.6. The predicted molar refractivity (Wildman–Crippen MR) is 51.6 cm³/mol. The summed E-state index contributed by atoms with van der Waals surface area (Å²) in [6.45, 7) is 6.75. The molecule has 0 spiro atoms. The molecule has 1 amide bonds. The van der Waals surface area contributed by atoms with Crippen molar-refractivity contribution in [2.24, 2.45) is 0 Å². The lowest BCUT2D eigenvalue weighted by Gasteiger charge is -2.23. The summed E-state index contributed by atoms with van der Waals surface area (Å²) in [4.78, 5) is 13.4. The predicted octanol–water partition coefficient (Wildman–Crippen LogP) is 2.41. The van der Waals surface area contributed by atoms with Crippen molar-refractivity contribution >= 4 is 6.09 Å². The van der Waals surface area contributed by atoms with Crippen LogP contribution in [0.1, 0.15) is 40.0 Å². The molecule has 0 saturated carbocycles. The number of ether oxygens (including phenoxy) is 1. The van der Waals surface area contributed by atoms with Gasteiger partial charge >= 0.3 is 6.09 Å². The zero-order chi connectivity index (χ0) is 9.84.